The second kappa shape index (κ2) is 12.2. The predicted molar refractivity (Wildman–Crippen MR) is 174 cm³/mol. The molecule has 1 saturated carbocycles. The minimum absolute atomic E-state index is 0.0932. The van der Waals surface area contributed by atoms with E-state index in [0.717, 1.165) is 0 Å². The van der Waals surface area contributed by atoms with Crippen molar-refractivity contribution < 1.29 is 47.9 Å². The summed E-state index contributed by atoms with van der Waals surface area (Å²) in [5.74, 6) is -2.43. The zero-order valence-electron chi connectivity index (χ0n) is 28.1. The molecule has 3 aromatic rings. The minimum Gasteiger partial charge on any atom is -0.497 e. The monoisotopic (exact) mass is 672 g/mol. The first kappa shape index (κ1) is 32.6. The van der Waals surface area contributed by atoms with Crippen LogP contribution < -0.4 is 29.0 Å². The molecule has 1 aliphatic carbocycles. The molecule has 2 N–H and O–H groups in total. The molecule has 258 valence electrons. The van der Waals surface area contributed by atoms with Crippen molar-refractivity contribution in [3.63, 3.8) is 0 Å². The minimum atomic E-state index is -2.24. The van der Waals surface area contributed by atoms with E-state index in [-0.39, 0.29) is 41.4 Å². The van der Waals surface area contributed by atoms with Crippen LogP contribution in [-0.4, -0.2) is 67.6 Å². The first-order valence-corrected chi connectivity index (χ1v) is 16.5. The summed E-state index contributed by atoms with van der Waals surface area (Å²) in [6.07, 6.45) is -0.886. The van der Waals surface area contributed by atoms with E-state index in [1.165, 1.54) is 14.0 Å². The van der Waals surface area contributed by atoms with Crippen LogP contribution in [0.5, 0.6) is 28.7 Å². The number of rotatable bonds is 8. The zero-order chi connectivity index (χ0) is 34.7. The number of nitrogens with one attached hydrogen (secondary N) is 1. The summed E-state index contributed by atoms with van der Waals surface area (Å²) in [4.78, 5) is 43.0. The highest BCUT2D eigenvalue weighted by Crippen LogP contribution is 2.70. The number of benzene rings is 3. The highest BCUT2D eigenvalue weighted by molar-refractivity contribution is 5.87. The Morgan fingerprint density at radius 1 is 1.00 bits per heavy atom. The second-order valence-electron chi connectivity index (χ2n) is 13.2. The Bertz CT molecular complexity index is 1780. The van der Waals surface area contributed by atoms with Gasteiger partial charge in [-0.25, -0.2) is 0 Å². The number of esters is 1. The molecule has 1 saturated heterocycles. The van der Waals surface area contributed by atoms with E-state index in [9.17, 15) is 14.7 Å². The smallest absolute Gasteiger partial charge is 0.303 e. The van der Waals surface area contributed by atoms with Gasteiger partial charge in [-0.05, 0) is 30.5 Å². The van der Waals surface area contributed by atoms with Crippen molar-refractivity contribution in [2.24, 2.45) is 11.8 Å². The summed E-state index contributed by atoms with van der Waals surface area (Å²) in [6.45, 7) is 5.08. The first-order chi connectivity index (χ1) is 23.6. The van der Waals surface area contributed by atoms with Crippen LogP contribution in [0, 0.1) is 11.8 Å². The number of carbonyl (C=O) groups is 3. The van der Waals surface area contributed by atoms with Crippen LogP contribution in [0.2, 0.25) is 0 Å². The molecule has 12 heteroatoms. The molecule has 0 aromatic heterocycles. The quantitative estimate of drug-likeness (QED) is 0.338. The third kappa shape index (κ3) is 4.86. The molecule has 7 rings (SSSR count). The lowest BCUT2D eigenvalue weighted by Gasteiger charge is -2.46. The molecule has 0 unspecified atom stereocenters. The molecule has 4 aliphatic rings. The van der Waals surface area contributed by atoms with E-state index < -0.39 is 47.2 Å². The molecule has 2 amide bonds. The second-order valence-corrected chi connectivity index (χ2v) is 13.2. The van der Waals surface area contributed by atoms with Gasteiger partial charge in [-0.2, -0.15) is 0 Å². The molecule has 0 spiro atoms. The van der Waals surface area contributed by atoms with Crippen LogP contribution in [0.15, 0.2) is 60.7 Å². The third-order valence-electron chi connectivity index (χ3n) is 10.1. The number of hydrogen-bond donors (Lipinski definition) is 2. The number of carbonyl (C=O) groups excluding carboxylic acids is 3. The van der Waals surface area contributed by atoms with Gasteiger partial charge in [0.2, 0.25) is 24.4 Å². The fourth-order valence-electron chi connectivity index (χ4n) is 8.09. The lowest BCUT2D eigenvalue weighted by Crippen LogP contribution is -2.57. The van der Waals surface area contributed by atoms with Crippen LogP contribution in [0.1, 0.15) is 56.2 Å². The number of hydrogen-bond acceptors (Lipinski definition) is 10. The molecular formula is C37H40N2O10. The Hall–Kier alpha value is -4.97. The van der Waals surface area contributed by atoms with E-state index in [2.05, 4.69) is 5.32 Å². The maximum Gasteiger partial charge on any atom is 0.303 e. The van der Waals surface area contributed by atoms with Crippen molar-refractivity contribution in [2.75, 3.05) is 27.6 Å². The SMILES string of the molecule is COc1ccc([C@]23Oc4cc5c(c(OC)c4[C@](O)([C@H](C(=O)N4CCC[C@H]4NC(=O)C(C)C)[C@H]2c2ccccc2)[C@@H]3OC(C)=O)OCO5)cc1. The highest BCUT2D eigenvalue weighted by atomic mass is 16.7. The fourth-order valence-corrected chi connectivity index (χ4v) is 8.09. The topological polar surface area (TPSA) is 142 Å². The summed E-state index contributed by atoms with van der Waals surface area (Å²) >= 11 is 0. The molecule has 2 bridgehead atoms. The van der Waals surface area contributed by atoms with Gasteiger partial charge in [0.25, 0.3) is 0 Å². The van der Waals surface area contributed by atoms with Gasteiger partial charge in [-0.15, -0.1) is 0 Å². The Morgan fingerprint density at radius 3 is 2.39 bits per heavy atom. The Kier molecular flexibility index (Phi) is 8.09. The van der Waals surface area contributed by atoms with Crippen LogP contribution in [0.25, 0.3) is 0 Å². The van der Waals surface area contributed by atoms with E-state index >= 15 is 4.79 Å². The van der Waals surface area contributed by atoms with Gasteiger partial charge in [0.05, 0.1) is 25.7 Å². The van der Waals surface area contributed by atoms with Gasteiger partial charge in [0.1, 0.15) is 17.7 Å². The molecule has 3 aliphatic heterocycles. The van der Waals surface area contributed by atoms with Gasteiger partial charge in [0.15, 0.2) is 28.8 Å². The summed E-state index contributed by atoms with van der Waals surface area (Å²) < 4.78 is 36.2. The average Bonchev–Trinajstić information content (AvgIpc) is 3.80. The number of fused-ring (bicyclic) bond motifs is 5. The van der Waals surface area contributed by atoms with Gasteiger partial charge in [-0.1, -0.05) is 56.3 Å². The Labute approximate surface area is 284 Å². The van der Waals surface area contributed by atoms with Gasteiger partial charge < -0.3 is 43.7 Å². The van der Waals surface area contributed by atoms with Crippen LogP contribution in [-0.2, 0) is 30.3 Å². The van der Waals surface area contributed by atoms with Crippen LogP contribution >= 0.6 is 0 Å². The summed E-state index contributed by atoms with van der Waals surface area (Å²) in [5, 5.41) is 16.7. The van der Waals surface area contributed by atoms with Gasteiger partial charge in [0, 0.05) is 36.9 Å². The van der Waals surface area contributed by atoms with Gasteiger partial charge in [-0.3, -0.25) is 14.4 Å². The number of ether oxygens (including phenoxy) is 6. The predicted octanol–water partition coefficient (Wildman–Crippen LogP) is 3.97. The van der Waals surface area contributed by atoms with Crippen molar-refractivity contribution in [3.05, 3.63) is 77.4 Å². The highest BCUT2D eigenvalue weighted by Gasteiger charge is 2.78. The number of aliphatic hydroxyl groups is 1. The van der Waals surface area contributed by atoms with Crippen molar-refractivity contribution in [2.45, 2.75) is 63.0 Å². The number of methoxy groups -OCH3 is 2. The lowest BCUT2D eigenvalue weighted by atomic mass is 9.75. The van der Waals surface area contributed by atoms with Crippen molar-refractivity contribution in [1.82, 2.24) is 10.2 Å². The molecule has 2 fully saturated rings. The molecule has 3 aromatic carbocycles. The standard InChI is InChI=1S/C37H40N2O10/c1-20(2)33(41)38-27-12-9-17-39(27)34(42)30-28(22-10-7-6-8-11-22)37(23-13-15-24(44-4)16-14-23)35(48-21(3)40)36(30,43)29-25(49-37)18-26-31(32(29)45-5)47-19-46-26/h6-8,10-11,13-16,18,20,27-28,30,35,43H,9,12,17,19H2,1-5H3,(H,38,41)/t27-,28+,30-,35-,36-,37-/m0/s1. The van der Waals surface area contributed by atoms with Gasteiger partial charge >= 0.3 is 5.97 Å². The largest absolute Gasteiger partial charge is 0.497 e. The lowest BCUT2D eigenvalue weighted by molar-refractivity contribution is -0.196. The van der Waals surface area contributed by atoms with Crippen molar-refractivity contribution in [3.8, 4) is 28.7 Å². The number of likely N-dealkylation sites (tertiary alicyclic amines) is 1. The summed E-state index contributed by atoms with van der Waals surface area (Å²) in [5.41, 5.74) is -2.59. The summed E-state index contributed by atoms with van der Waals surface area (Å²) in [6, 6.07) is 18.0. The van der Waals surface area contributed by atoms with Crippen LogP contribution in [0.3, 0.4) is 0 Å². The number of amides is 2. The van der Waals surface area contributed by atoms with E-state index in [4.69, 9.17) is 28.4 Å². The van der Waals surface area contributed by atoms with E-state index in [1.54, 1.807) is 56.2 Å². The van der Waals surface area contributed by atoms with E-state index in [0.29, 0.717) is 42.0 Å². The Balaban J connectivity index is 1.54. The van der Waals surface area contributed by atoms with Crippen LogP contribution in [0.4, 0.5) is 0 Å². The molecule has 12 nitrogen and oxygen atoms in total. The normalized spacial score (nSPS) is 27.7. The molecule has 3 heterocycles. The fraction of sp³-hybridized carbons (Fsp3) is 0.432. The van der Waals surface area contributed by atoms with Crippen molar-refractivity contribution >= 4 is 17.8 Å². The molecular weight excluding hydrogens is 632 g/mol. The Morgan fingerprint density at radius 2 is 1.73 bits per heavy atom. The molecule has 49 heavy (non-hydrogen) atoms. The zero-order valence-corrected chi connectivity index (χ0v) is 28.1. The molecule has 0 radical (unpaired) electrons. The first-order valence-electron chi connectivity index (χ1n) is 16.5. The molecule has 6 atom stereocenters. The number of nitrogens with zero attached hydrogens (tertiary/aromatic N) is 1. The third-order valence-corrected chi connectivity index (χ3v) is 10.1. The van der Waals surface area contributed by atoms with Crippen molar-refractivity contribution in [1.29, 1.82) is 0 Å². The van der Waals surface area contributed by atoms with E-state index in [1.807, 2.05) is 30.3 Å². The maximum atomic E-state index is 15.4. The average molecular weight is 673 g/mol. The summed E-state index contributed by atoms with van der Waals surface area (Å²) in [7, 11) is 2.98. The maximum absolute atomic E-state index is 15.4.